The molecule has 31 heavy (non-hydrogen) atoms. The molecule has 1 aliphatic heterocycles. The summed E-state index contributed by atoms with van der Waals surface area (Å²) in [5.41, 5.74) is 10.5. The molecule has 2 heterocycles. The molecule has 0 amide bonds. The number of aromatic nitrogens is 1. The molecule has 0 radical (unpaired) electrons. The predicted octanol–water partition coefficient (Wildman–Crippen LogP) is 6.57. The number of nitrogens with two attached hydrogens (primary N) is 1. The summed E-state index contributed by atoms with van der Waals surface area (Å²) < 4.78 is 5.97. The summed E-state index contributed by atoms with van der Waals surface area (Å²) in [5.74, 6) is 0.732. The van der Waals surface area contributed by atoms with Crippen LogP contribution in [0.3, 0.4) is 0 Å². The molecule has 3 aromatic rings. The number of carbonyl (C=O) groups excluding carboxylic acids is 1. The van der Waals surface area contributed by atoms with E-state index in [0.717, 1.165) is 33.8 Å². The van der Waals surface area contributed by atoms with Gasteiger partial charge in [0.05, 0.1) is 11.3 Å². The van der Waals surface area contributed by atoms with Gasteiger partial charge in [-0.1, -0.05) is 47.5 Å². The van der Waals surface area contributed by atoms with Crippen LogP contribution in [0.4, 0.5) is 0 Å². The van der Waals surface area contributed by atoms with Crippen LogP contribution in [0.15, 0.2) is 71.1 Å². The van der Waals surface area contributed by atoms with Crippen LogP contribution in [-0.2, 0) is 9.53 Å². The van der Waals surface area contributed by atoms with E-state index in [1.165, 1.54) is 11.3 Å². The molecule has 1 aromatic heterocycles. The van der Waals surface area contributed by atoms with E-state index in [1.54, 1.807) is 0 Å². The summed E-state index contributed by atoms with van der Waals surface area (Å²) in [6, 6.07) is 15.1. The molecule has 156 valence electrons. The Balaban J connectivity index is 1.63. The molecule has 0 fully saturated rings. The van der Waals surface area contributed by atoms with Gasteiger partial charge in [-0.15, -0.1) is 11.3 Å². The number of hydrogen-bond acceptors (Lipinski definition) is 5. The average Bonchev–Trinajstić information content (AvgIpc) is 3.24. The first-order chi connectivity index (χ1) is 15.0. The number of hydrogen-bond donors (Lipinski definition) is 1. The van der Waals surface area contributed by atoms with Gasteiger partial charge in [0, 0.05) is 45.3 Å². The summed E-state index contributed by atoms with van der Waals surface area (Å²) in [7, 11) is 0. The van der Waals surface area contributed by atoms with Crippen LogP contribution in [-0.4, -0.2) is 10.8 Å². The minimum Gasteiger partial charge on any atom is -0.445 e. The van der Waals surface area contributed by atoms with Gasteiger partial charge in [0.15, 0.2) is 11.7 Å². The van der Waals surface area contributed by atoms with E-state index in [4.69, 9.17) is 38.7 Å². The van der Waals surface area contributed by atoms with Crippen molar-refractivity contribution in [2.45, 2.75) is 25.2 Å². The maximum atomic E-state index is 13.0. The SMILES string of the molecule is NC1=C(c2nc(-c3ccc(Cl)cc3)cs2)[C@H](c2ccc(Cl)cc2)C2=C(CCCC2=O)O1. The maximum Gasteiger partial charge on any atom is 0.197 e. The Labute approximate surface area is 194 Å². The van der Waals surface area contributed by atoms with E-state index in [1.807, 2.05) is 53.9 Å². The van der Waals surface area contributed by atoms with Gasteiger partial charge in [-0.05, 0) is 36.2 Å². The molecule has 0 bridgehead atoms. The first-order valence-corrected chi connectivity index (χ1v) is 11.6. The van der Waals surface area contributed by atoms with Crippen molar-refractivity contribution in [1.82, 2.24) is 4.98 Å². The van der Waals surface area contributed by atoms with Gasteiger partial charge in [0.2, 0.25) is 0 Å². The number of ketones is 1. The number of carbonyl (C=O) groups is 1. The van der Waals surface area contributed by atoms with Gasteiger partial charge in [-0.25, -0.2) is 4.98 Å². The molecule has 2 aromatic carbocycles. The zero-order valence-electron chi connectivity index (χ0n) is 16.4. The molecule has 1 aliphatic carbocycles. The van der Waals surface area contributed by atoms with Gasteiger partial charge < -0.3 is 10.5 Å². The molecular formula is C24H18Cl2N2O2S. The van der Waals surface area contributed by atoms with Crippen molar-refractivity contribution in [2.24, 2.45) is 5.73 Å². The number of thiazole rings is 1. The highest BCUT2D eigenvalue weighted by atomic mass is 35.5. The number of halogens is 2. The largest absolute Gasteiger partial charge is 0.445 e. The second-order valence-electron chi connectivity index (χ2n) is 7.52. The molecule has 2 N–H and O–H groups in total. The van der Waals surface area contributed by atoms with E-state index in [9.17, 15) is 4.79 Å². The van der Waals surface area contributed by atoms with Crippen molar-refractivity contribution >= 4 is 45.9 Å². The minimum atomic E-state index is -0.335. The zero-order chi connectivity index (χ0) is 21.5. The summed E-state index contributed by atoms with van der Waals surface area (Å²) >= 11 is 13.6. The first-order valence-electron chi connectivity index (χ1n) is 9.92. The van der Waals surface area contributed by atoms with Gasteiger partial charge in [-0.3, -0.25) is 4.79 Å². The van der Waals surface area contributed by atoms with Gasteiger partial charge in [0.25, 0.3) is 0 Å². The summed E-state index contributed by atoms with van der Waals surface area (Å²) in [6.45, 7) is 0. The van der Waals surface area contributed by atoms with Gasteiger partial charge in [-0.2, -0.15) is 0 Å². The number of allylic oxidation sites excluding steroid dienone is 3. The van der Waals surface area contributed by atoms with Crippen LogP contribution in [0.1, 0.15) is 35.8 Å². The van der Waals surface area contributed by atoms with E-state index in [2.05, 4.69) is 0 Å². The van der Waals surface area contributed by atoms with Crippen molar-refractivity contribution < 1.29 is 9.53 Å². The molecule has 0 saturated heterocycles. The van der Waals surface area contributed by atoms with Crippen molar-refractivity contribution in [3.8, 4) is 11.3 Å². The standard InChI is InChI=1S/C24H18Cl2N2O2S/c25-15-8-4-13(5-9-15)17-12-31-24(28-17)22-20(14-6-10-16(26)11-7-14)21-18(29)2-1-3-19(21)30-23(22)27/h4-12,20H,1-3,27H2/t20-/m1/s1. The van der Waals surface area contributed by atoms with Crippen LogP contribution in [0.25, 0.3) is 16.8 Å². The van der Waals surface area contributed by atoms with Crippen LogP contribution < -0.4 is 5.73 Å². The van der Waals surface area contributed by atoms with E-state index < -0.39 is 0 Å². The summed E-state index contributed by atoms with van der Waals surface area (Å²) in [5, 5.41) is 4.01. The fourth-order valence-corrected chi connectivity index (χ4v) is 5.27. The lowest BCUT2D eigenvalue weighted by molar-refractivity contribution is -0.116. The Morgan fingerprint density at radius 2 is 1.65 bits per heavy atom. The number of Topliss-reactive ketones (excluding diaryl/α,β-unsaturated/α-hetero) is 1. The number of ether oxygens (including phenoxy) is 1. The van der Waals surface area contributed by atoms with Crippen molar-refractivity contribution in [3.63, 3.8) is 0 Å². The Morgan fingerprint density at radius 3 is 2.35 bits per heavy atom. The van der Waals surface area contributed by atoms with Crippen molar-refractivity contribution in [1.29, 1.82) is 0 Å². The van der Waals surface area contributed by atoms with Crippen molar-refractivity contribution in [2.75, 3.05) is 0 Å². The lowest BCUT2D eigenvalue weighted by atomic mass is 9.77. The average molecular weight is 469 g/mol. The zero-order valence-corrected chi connectivity index (χ0v) is 18.7. The quantitative estimate of drug-likeness (QED) is 0.472. The second kappa shape index (κ2) is 8.15. The van der Waals surface area contributed by atoms with Crippen LogP contribution in [0.5, 0.6) is 0 Å². The summed E-state index contributed by atoms with van der Waals surface area (Å²) in [4.78, 5) is 17.8. The Bertz CT molecular complexity index is 1230. The number of nitrogens with zero attached hydrogens (tertiary/aromatic N) is 1. The third-order valence-electron chi connectivity index (χ3n) is 5.56. The Hall–Kier alpha value is -2.60. The number of benzene rings is 2. The first kappa shape index (κ1) is 20.3. The molecule has 2 aliphatic rings. The van der Waals surface area contributed by atoms with E-state index in [-0.39, 0.29) is 11.7 Å². The molecule has 5 rings (SSSR count). The third kappa shape index (κ3) is 3.78. The monoisotopic (exact) mass is 468 g/mol. The van der Waals surface area contributed by atoms with Gasteiger partial charge in [0.1, 0.15) is 10.8 Å². The minimum absolute atomic E-state index is 0.0979. The molecular weight excluding hydrogens is 451 g/mol. The smallest absolute Gasteiger partial charge is 0.197 e. The molecule has 4 nitrogen and oxygen atoms in total. The number of rotatable bonds is 3. The van der Waals surface area contributed by atoms with Crippen LogP contribution in [0.2, 0.25) is 10.0 Å². The van der Waals surface area contributed by atoms with E-state index >= 15 is 0 Å². The third-order valence-corrected chi connectivity index (χ3v) is 6.94. The predicted molar refractivity (Wildman–Crippen MR) is 125 cm³/mol. The fourth-order valence-electron chi connectivity index (χ4n) is 4.10. The fraction of sp³-hybridized carbons (Fsp3) is 0.167. The molecule has 1 atom stereocenters. The lowest BCUT2D eigenvalue weighted by Gasteiger charge is -2.32. The highest BCUT2D eigenvalue weighted by Crippen LogP contribution is 2.48. The van der Waals surface area contributed by atoms with Crippen LogP contribution >= 0.6 is 34.5 Å². The molecule has 0 unspecified atom stereocenters. The second-order valence-corrected chi connectivity index (χ2v) is 9.25. The van der Waals surface area contributed by atoms with Gasteiger partial charge >= 0.3 is 0 Å². The summed E-state index contributed by atoms with van der Waals surface area (Å²) in [6.07, 6.45) is 1.98. The normalized spacial score (nSPS) is 18.8. The Morgan fingerprint density at radius 1 is 0.968 bits per heavy atom. The maximum absolute atomic E-state index is 13.0. The van der Waals surface area contributed by atoms with Crippen molar-refractivity contribution in [3.05, 3.63) is 91.7 Å². The topological polar surface area (TPSA) is 65.2 Å². The van der Waals surface area contributed by atoms with Crippen LogP contribution in [0, 0.1) is 0 Å². The highest BCUT2D eigenvalue weighted by molar-refractivity contribution is 7.11. The lowest BCUT2D eigenvalue weighted by Crippen LogP contribution is -2.27. The molecule has 7 heteroatoms. The Kier molecular flexibility index (Phi) is 5.34. The highest BCUT2D eigenvalue weighted by Gasteiger charge is 2.39. The molecule has 0 saturated carbocycles. The molecule has 0 spiro atoms. The van der Waals surface area contributed by atoms with E-state index in [0.29, 0.717) is 40.1 Å².